The number of hydrogen-bond donors (Lipinski definition) is 1. The van der Waals surface area contributed by atoms with Gasteiger partial charge in [-0.3, -0.25) is 0 Å². The van der Waals surface area contributed by atoms with Crippen molar-refractivity contribution in [1.29, 1.82) is 0 Å². The zero-order valence-corrected chi connectivity index (χ0v) is 6.58. The Hall–Kier alpha value is -1.23. The largest absolute Gasteiger partial charge is 0.368 e. The summed E-state index contributed by atoms with van der Waals surface area (Å²) < 4.78 is 0. The van der Waals surface area contributed by atoms with Gasteiger partial charge < -0.3 is 5.73 Å². The Bertz CT molecular complexity index is 264. The van der Waals surface area contributed by atoms with Gasteiger partial charge in [0.1, 0.15) is 0 Å². The minimum absolute atomic E-state index is 0.0538. The molecule has 0 aromatic carbocycles. The van der Waals surface area contributed by atoms with Crippen LogP contribution in [0.15, 0.2) is 4.99 Å². The molecule has 0 aliphatic heterocycles. The Morgan fingerprint density at radius 2 is 2.18 bits per heavy atom. The van der Waals surface area contributed by atoms with Crippen molar-refractivity contribution in [2.75, 3.05) is 5.73 Å². The van der Waals surface area contributed by atoms with Crippen molar-refractivity contribution >= 4 is 29.7 Å². The van der Waals surface area contributed by atoms with Crippen LogP contribution in [0.3, 0.4) is 0 Å². The van der Waals surface area contributed by atoms with Gasteiger partial charge in [-0.15, -0.1) is 0 Å². The van der Waals surface area contributed by atoms with Crippen LogP contribution >= 0.6 is 11.6 Å². The van der Waals surface area contributed by atoms with Crippen molar-refractivity contribution in [2.45, 2.75) is 6.92 Å². The molecule has 0 fully saturated rings. The Morgan fingerprint density at radius 1 is 1.45 bits per heavy atom. The van der Waals surface area contributed by atoms with E-state index in [2.05, 4.69) is 19.9 Å². The standard InChI is InChI=1S/C5H6ClN5/c1-2-8-5-10-3(6)9-4(7)11-5/h2H,1H3,(H2,7,9,10,11)/b8-2+. The second-order valence-corrected chi connectivity index (χ2v) is 1.99. The van der Waals surface area contributed by atoms with E-state index in [-0.39, 0.29) is 17.2 Å². The van der Waals surface area contributed by atoms with Crippen molar-refractivity contribution in [3.05, 3.63) is 5.28 Å². The Labute approximate surface area is 68.4 Å². The predicted molar refractivity (Wildman–Crippen MR) is 43.1 cm³/mol. The average molecular weight is 172 g/mol. The number of anilines is 1. The quantitative estimate of drug-likeness (QED) is 0.635. The summed E-state index contributed by atoms with van der Waals surface area (Å²) >= 11 is 5.47. The van der Waals surface area contributed by atoms with E-state index in [1.165, 1.54) is 0 Å². The highest BCUT2D eigenvalue weighted by molar-refractivity contribution is 6.28. The van der Waals surface area contributed by atoms with Crippen LogP contribution in [0.25, 0.3) is 0 Å². The van der Waals surface area contributed by atoms with Crippen LogP contribution in [0.4, 0.5) is 11.9 Å². The highest BCUT2D eigenvalue weighted by Crippen LogP contribution is 2.08. The maximum atomic E-state index is 5.47. The summed E-state index contributed by atoms with van der Waals surface area (Å²) in [4.78, 5) is 14.7. The number of nitrogens with zero attached hydrogens (tertiary/aromatic N) is 4. The van der Waals surface area contributed by atoms with Gasteiger partial charge in [0.25, 0.3) is 5.95 Å². The van der Waals surface area contributed by atoms with Crippen LogP contribution in [0.5, 0.6) is 0 Å². The van der Waals surface area contributed by atoms with Gasteiger partial charge in [-0.25, -0.2) is 4.99 Å². The van der Waals surface area contributed by atoms with Gasteiger partial charge in [-0.1, -0.05) is 0 Å². The van der Waals surface area contributed by atoms with Gasteiger partial charge in [-0.2, -0.15) is 15.0 Å². The lowest BCUT2D eigenvalue weighted by Crippen LogP contribution is -1.96. The molecule has 5 nitrogen and oxygen atoms in total. The van der Waals surface area contributed by atoms with Crippen molar-refractivity contribution in [3.63, 3.8) is 0 Å². The summed E-state index contributed by atoms with van der Waals surface area (Å²) in [5.74, 6) is 0.301. The molecule has 0 unspecified atom stereocenters. The second-order valence-electron chi connectivity index (χ2n) is 1.65. The van der Waals surface area contributed by atoms with E-state index < -0.39 is 0 Å². The normalized spacial score (nSPS) is 10.7. The molecule has 1 aromatic heterocycles. The van der Waals surface area contributed by atoms with E-state index in [0.29, 0.717) is 0 Å². The molecule has 1 heterocycles. The second kappa shape index (κ2) is 3.25. The first-order valence-corrected chi connectivity index (χ1v) is 3.26. The van der Waals surface area contributed by atoms with Crippen LogP contribution in [-0.2, 0) is 0 Å². The number of nitrogen functional groups attached to an aromatic ring is 1. The zero-order valence-electron chi connectivity index (χ0n) is 5.82. The smallest absolute Gasteiger partial charge is 0.255 e. The molecule has 6 heteroatoms. The third-order valence-corrected chi connectivity index (χ3v) is 1.03. The molecule has 0 saturated heterocycles. The third-order valence-electron chi connectivity index (χ3n) is 0.858. The van der Waals surface area contributed by atoms with Crippen LogP contribution in [0, 0.1) is 0 Å². The van der Waals surface area contributed by atoms with Gasteiger partial charge in [-0.05, 0) is 18.5 Å². The number of aromatic nitrogens is 3. The van der Waals surface area contributed by atoms with E-state index in [1.807, 2.05) is 0 Å². The SMILES string of the molecule is C/C=N/c1nc(N)nc(Cl)n1. The summed E-state index contributed by atoms with van der Waals surface area (Å²) in [5.41, 5.74) is 5.27. The molecule has 0 radical (unpaired) electrons. The van der Waals surface area contributed by atoms with Crippen molar-refractivity contribution in [1.82, 2.24) is 15.0 Å². The summed E-state index contributed by atoms with van der Waals surface area (Å²) in [6.07, 6.45) is 1.55. The summed E-state index contributed by atoms with van der Waals surface area (Å²) in [5, 5.41) is 0.0538. The maximum absolute atomic E-state index is 5.47. The maximum Gasteiger partial charge on any atom is 0.255 e. The van der Waals surface area contributed by atoms with E-state index >= 15 is 0 Å². The fourth-order valence-corrected chi connectivity index (χ4v) is 0.690. The molecule has 0 aliphatic carbocycles. The molecule has 2 N–H and O–H groups in total. The molecule has 11 heavy (non-hydrogen) atoms. The van der Waals surface area contributed by atoms with E-state index in [0.717, 1.165) is 0 Å². The van der Waals surface area contributed by atoms with Crippen molar-refractivity contribution in [2.24, 2.45) is 4.99 Å². The molecular formula is C5H6ClN5. The molecule has 0 aliphatic rings. The summed E-state index contributed by atoms with van der Waals surface area (Å²) in [6.45, 7) is 1.74. The lowest BCUT2D eigenvalue weighted by atomic mass is 10.8. The third kappa shape index (κ3) is 2.12. The van der Waals surface area contributed by atoms with Crippen molar-refractivity contribution < 1.29 is 0 Å². The molecular weight excluding hydrogens is 166 g/mol. The van der Waals surface area contributed by atoms with Crippen molar-refractivity contribution in [3.8, 4) is 0 Å². The van der Waals surface area contributed by atoms with Crippen LogP contribution in [0.2, 0.25) is 5.28 Å². The molecule has 0 spiro atoms. The van der Waals surface area contributed by atoms with Crippen LogP contribution < -0.4 is 5.73 Å². The molecule has 0 bridgehead atoms. The molecule has 1 aromatic rings. The first-order valence-electron chi connectivity index (χ1n) is 2.88. The Balaban J connectivity index is 3.08. The van der Waals surface area contributed by atoms with Gasteiger partial charge in [0, 0.05) is 6.21 Å². The minimum atomic E-state index is 0.0538. The molecule has 0 saturated carbocycles. The molecule has 58 valence electrons. The highest BCUT2D eigenvalue weighted by atomic mass is 35.5. The number of rotatable bonds is 1. The fourth-order valence-electron chi connectivity index (χ4n) is 0.528. The van der Waals surface area contributed by atoms with Gasteiger partial charge >= 0.3 is 0 Å². The van der Waals surface area contributed by atoms with Gasteiger partial charge in [0.15, 0.2) is 0 Å². The molecule has 0 amide bonds. The van der Waals surface area contributed by atoms with Gasteiger partial charge in [0.2, 0.25) is 11.2 Å². The fraction of sp³-hybridized carbons (Fsp3) is 0.200. The average Bonchev–Trinajstić information content (AvgIpc) is 1.85. The lowest BCUT2D eigenvalue weighted by molar-refractivity contribution is 1.05. The topological polar surface area (TPSA) is 77.0 Å². The number of nitrogens with two attached hydrogens (primary N) is 1. The Morgan fingerprint density at radius 3 is 2.73 bits per heavy atom. The van der Waals surface area contributed by atoms with E-state index in [1.54, 1.807) is 13.1 Å². The van der Waals surface area contributed by atoms with Crippen LogP contribution in [-0.4, -0.2) is 21.2 Å². The van der Waals surface area contributed by atoms with Gasteiger partial charge in [0.05, 0.1) is 0 Å². The van der Waals surface area contributed by atoms with E-state index in [4.69, 9.17) is 17.3 Å². The monoisotopic (exact) mass is 171 g/mol. The Kier molecular flexibility index (Phi) is 2.32. The van der Waals surface area contributed by atoms with E-state index in [9.17, 15) is 0 Å². The predicted octanol–water partition coefficient (Wildman–Crippen LogP) is 0.829. The highest BCUT2D eigenvalue weighted by Gasteiger charge is 1.98. The van der Waals surface area contributed by atoms with Crippen LogP contribution in [0.1, 0.15) is 6.92 Å². The first-order chi connectivity index (χ1) is 5.22. The molecule has 0 atom stereocenters. The summed E-state index contributed by atoms with van der Waals surface area (Å²) in [6, 6.07) is 0. The lowest BCUT2D eigenvalue weighted by Gasteiger charge is -1.93. The zero-order chi connectivity index (χ0) is 8.27. The molecule has 1 rings (SSSR count). The minimum Gasteiger partial charge on any atom is -0.368 e. The number of aliphatic imine (C=N–C) groups is 1. The first kappa shape index (κ1) is 7.87. The summed E-state index contributed by atoms with van der Waals surface area (Å²) in [7, 11) is 0. The number of halogens is 1. The number of hydrogen-bond acceptors (Lipinski definition) is 5.